The van der Waals surface area contributed by atoms with Crippen LogP contribution in [0.1, 0.15) is 27.2 Å². The summed E-state index contributed by atoms with van der Waals surface area (Å²) < 4.78 is 26.0. The molecule has 18 heavy (non-hydrogen) atoms. The minimum Gasteiger partial charge on any atom is -0.243 e. The number of rotatable bonds is 5. The lowest BCUT2D eigenvalue weighted by atomic mass is 10.1. The first-order chi connectivity index (χ1) is 8.25. The van der Waals surface area contributed by atoms with Crippen LogP contribution in [-0.2, 0) is 10.0 Å². The van der Waals surface area contributed by atoms with E-state index in [-0.39, 0.29) is 16.1 Å². The molecule has 0 aliphatic carbocycles. The lowest BCUT2D eigenvalue weighted by Gasteiger charge is -2.25. The van der Waals surface area contributed by atoms with E-state index in [2.05, 4.69) is 18.8 Å². The Morgan fingerprint density at radius 1 is 1.33 bits per heavy atom. The van der Waals surface area contributed by atoms with Crippen LogP contribution in [0.3, 0.4) is 0 Å². The molecule has 6 heteroatoms. The fraction of sp³-hybridized carbons (Fsp3) is 0.583. The molecule has 1 heterocycles. The van der Waals surface area contributed by atoms with E-state index >= 15 is 0 Å². The van der Waals surface area contributed by atoms with Gasteiger partial charge in [-0.3, -0.25) is 0 Å². The molecule has 1 unspecified atom stereocenters. The van der Waals surface area contributed by atoms with Gasteiger partial charge in [0.25, 0.3) is 0 Å². The van der Waals surface area contributed by atoms with Crippen LogP contribution in [-0.4, -0.2) is 30.8 Å². The molecule has 1 aromatic rings. The van der Waals surface area contributed by atoms with Gasteiger partial charge in [-0.15, -0.1) is 0 Å². The van der Waals surface area contributed by atoms with Gasteiger partial charge in [0.15, 0.2) is 0 Å². The van der Waals surface area contributed by atoms with Crippen LogP contribution >= 0.6 is 11.6 Å². The van der Waals surface area contributed by atoms with Crippen LogP contribution < -0.4 is 0 Å². The van der Waals surface area contributed by atoms with E-state index in [1.165, 1.54) is 22.6 Å². The second-order valence-corrected chi connectivity index (χ2v) is 7.20. The van der Waals surface area contributed by atoms with E-state index in [4.69, 9.17) is 11.6 Å². The van der Waals surface area contributed by atoms with Crippen LogP contribution in [0.15, 0.2) is 23.2 Å². The van der Waals surface area contributed by atoms with Crippen LogP contribution in [0.25, 0.3) is 0 Å². The summed E-state index contributed by atoms with van der Waals surface area (Å²) in [5, 5.41) is 0.284. The minimum absolute atomic E-state index is 0.0503. The van der Waals surface area contributed by atoms with Crippen molar-refractivity contribution in [2.24, 2.45) is 5.92 Å². The molecule has 102 valence electrons. The van der Waals surface area contributed by atoms with E-state index in [1.807, 2.05) is 6.92 Å². The van der Waals surface area contributed by atoms with Crippen LogP contribution in [0, 0.1) is 5.92 Å². The topological polar surface area (TPSA) is 50.3 Å². The molecule has 1 aromatic heterocycles. The Morgan fingerprint density at radius 2 is 1.94 bits per heavy atom. The molecule has 0 saturated heterocycles. The van der Waals surface area contributed by atoms with Gasteiger partial charge in [-0.2, -0.15) is 4.31 Å². The fourth-order valence-corrected chi connectivity index (χ4v) is 3.18. The first-order valence-electron chi connectivity index (χ1n) is 5.84. The van der Waals surface area contributed by atoms with Crippen molar-refractivity contribution in [2.75, 3.05) is 7.05 Å². The van der Waals surface area contributed by atoms with Gasteiger partial charge in [-0.05, 0) is 31.4 Å². The molecule has 0 N–H and O–H groups in total. The van der Waals surface area contributed by atoms with Crippen molar-refractivity contribution in [3.05, 3.63) is 23.5 Å². The van der Waals surface area contributed by atoms with E-state index in [0.29, 0.717) is 5.92 Å². The number of hydrogen-bond acceptors (Lipinski definition) is 3. The second-order valence-electron chi connectivity index (χ2n) is 4.82. The van der Waals surface area contributed by atoms with E-state index in [1.54, 1.807) is 7.05 Å². The van der Waals surface area contributed by atoms with E-state index in [9.17, 15) is 8.42 Å². The van der Waals surface area contributed by atoms with Crippen molar-refractivity contribution in [3.63, 3.8) is 0 Å². The average Bonchev–Trinajstić information content (AvgIpc) is 2.27. The van der Waals surface area contributed by atoms with Gasteiger partial charge in [0.05, 0.1) is 0 Å². The largest absolute Gasteiger partial charge is 0.244 e. The van der Waals surface area contributed by atoms with Gasteiger partial charge in [0.1, 0.15) is 10.0 Å². The quantitative estimate of drug-likeness (QED) is 0.784. The van der Waals surface area contributed by atoms with Crippen molar-refractivity contribution in [1.82, 2.24) is 9.29 Å². The number of pyridine rings is 1. The maximum Gasteiger partial charge on any atom is 0.244 e. The number of sulfonamides is 1. The van der Waals surface area contributed by atoms with Crippen molar-refractivity contribution in [3.8, 4) is 0 Å². The standard InChI is InChI=1S/C12H19ClN2O2S/c1-9(2)7-10(3)15(4)18(16,17)11-5-6-12(13)14-8-11/h5-6,8-10H,7H2,1-4H3. The number of hydrogen-bond donors (Lipinski definition) is 0. The van der Waals surface area contributed by atoms with E-state index in [0.717, 1.165) is 6.42 Å². The molecule has 0 bridgehead atoms. The third kappa shape index (κ3) is 3.67. The average molecular weight is 291 g/mol. The lowest BCUT2D eigenvalue weighted by molar-refractivity contribution is 0.337. The fourth-order valence-electron chi connectivity index (χ4n) is 1.75. The van der Waals surface area contributed by atoms with Crippen molar-refractivity contribution in [2.45, 2.75) is 38.1 Å². The van der Waals surface area contributed by atoms with Crippen molar-refractivity contribution >= 4 is 21.6 Å². The molecule has 1 atom stereocenters. The summed E-state index contributed by atoms with van der Waals surface area (Å²) in [7, 11) is -1.89. The molecule has 1 rings (SSSR count). The van der Waals surface area contributed by atoms with Crippen LogP contribution in [0.4, 0.5) is 0 Å². The number of aromatic nitrogens is 1. The number of halogens is 1. The lowest BCUT2D eigenvalue weighted by Crippen LogP contribution is -2.35. The van der Waals surface area contributed by atoms with Gasteiger partial charge in [0.2, 0.25) is 10.0 Å². The summed E-state index contributed by atoms with van der Waals surface area (Å²) in [6.07, 6.45) is 2.10. The Balaban J connectivity index is 2.96. The van der Waals surface area contributed by atoms with Gasteiger partial charge in [-0.25, -0.2) is 13.4 Å². The highest BCUT2D eigenvalue weighted by Gasteiger charge is 2.25. The zero-order chi connectivity index (χ0) is 13.9. The Hall–Kier alpha value is -0.650. The Kier molecular flexibility index (Phi) is 5.13. The summed E-state index contributed by atoms with van der Waals surface area (Å²) in [6.45, 7) is 6.04. The molecule has 0 aromatic carbocycles. The maximum atomic E-state index is 12.3. The van der Waals surface area contributed by atoms with Gasteiger partial charge < -0.3 is 0 Å². The molecule has 0 aliphatic heterocycles. The first kappa shape index (κ1) is 15.4. The summed E-state index contributed by atoms with van der Waals surface area (Å²) >= 11 is 5.65. The summed E-state index contributed by atoms with van der Waals surface area (Å²) in [4.78, 5) is 3.98. The first-order valence-corrected chi connectivity index (χ1v) is 7.66. The molecule has 0 spiro atoms. The van der Waals surface area contributed by atoms with Gasteiger partial charge >= 0.3 is 0 Å². The molecular formula is C12H19ClN2O2S. The maximum absolute atomic E-state index is 12.3. The Bertz CT molecular complexity index is 485. The van der Waals surface area contributed by atoms with Crippen LogP contribution in [0.2, 0.25) is 5.15 Å². The SMILES string of the molecule is CC(C)CC(C)N(C)S(=O)(=O)c1ccc(Cl)nc1. The van der Waals surface area contributed by atoms with Crippen LogP contribution in [0.5, 0.6) is 0 Å². The Morgan fingerprint density at radius 3 is 2.39 bits per heavy atom. The summed E-state index contributed by atoms with van der Waals surface area (Å²) in [5.74, 6) is 0.445. The highest BCUT2D eigenvalue weighted by molar-refractivity contribution is 7.89. The highest BCUT2D eigenvalue weighted by atomic mass is 35.5. The van der Waals surface area contributed by atoms with Crippen molar-refractivity contribution in [1.29, 1.82) is 0 Å². The zero-order valence-corrected chi connectivity index (χ0v) is 12.7. The monoisotopic (exact) mass is 290 g/mol. The number of nitrogens with zero attached hydrogens (tertiary/aromatic N) is 2. The molecule has 0 aliphatic rings. The Labute approximate surface area is 114 Å². The molecule has 4 nitrogen and oxygen atoms in total. The third-order valence-electron chi connectivity index (χ3n) is 2.81. The second kappa shape index (κ2) is 5.99. The van der Waals surface area contributed by atoms with Gasteiger partial charge in [0, 0.05) is 19.3 Å². The van der Waals surface area contributed by atoms with E-state index < -0.39 is 10.0 Å². The smallest absolute Gasteiger partial charge is 0.243 e. The van der Waals surface area contributed by atoms with Gasteiger partial charge in [-0.1, -0.05) is 25.4 Å². The molecule has 0 saturated carbocycles. The van der Waals surface area contributed by atoms with Crippen molar-refractivity contribution < 1.29 is 8.42 Å². The molecule has 0 amide bonds. The summed E-state index contributed by atoms with van der Waals surface area (Å²) in [6, 6.07) is 2.91. The molecule has 0 radical (unpaired) electrons. The molecule has 0 fully saturated rings. The third-order valence-corrected chi connectivity index (χ3v) is 4.99. The minimum atomic E-state index is -3.49. The highest BCUT2D eigenvalue weighted by Crippen LogP contribution is 2.20. The predicted molar refractivity (Wildman–Crippen MR) is 73.1 cm³/mol. The summed E-state index contributed by atoms with van der Waals surface area (Å²) in [5.41, 5.74) is 0. The normalized spacial score (nSPS) is 14.2. The zero-order valence-electron chi connectivity index (χ0n) is 11.1. The molecular weight excluding hydrogens is 272 g/mol. The predicted octanol–water partition coefficient (Wildman–Crippen LogP) is 2.79.